The summed E-state index contributed by atoms with van der Waals surface area (Å²) >= 11 is 0. The first kappa shape index (κ1) is 16.5. The molecule has 20 heavy (non-hydrogen) atoms. The highest BCUT2D eigenvalue weighted by Crippen LogP contribution is 2.20. The summed E-state index contributed by atoms with van der Waals surface area (Å²) in [6.07, 6.45) is 0.636. The van der Waals surface area contributed by atoms with E-state index in [1.54, 1.807) is 6.92 Å². The highest BCUT2D eigenvalue weighted by Gasteiger charge is 2.37. The standard InChI is InChI=1S/C14H22O6/c1-5-9(2)12(16)20-14(3,4)13(17)19-10-6-7-18-11(15)8-10/h9-10H,5-8H2,1-4H3. The molecule has 0 aliphatic carbocycles. The van der Waals surface area contributed by atoms with Crippen molar-refractivity contribution in [1.29, 1.82) is 0 Å². The van der Waals surface area contributed by atoms with E-state index in [-0.39, 0.29) is 24.9 Å². The van der Waals surface area contributed by atoms with Crippen molar-refractivity contribution in [2.75, 3.05) is 6.61 Å². The van der Waals surface area contributed by atoms with Crippen molar-refractivity contribution >= 4 is 17.9 Å². The Labute approximate surface area is 118 Å². The van der Waals surface area contributed by atoms with Crippen molar-refractivity contribution in [2.45, 2.75) is 58.7 Å². The maximum absolute atomic E-state index is 12.0. The minimum Gasteiger partial charge on any atom is -0.465 e. The van der Waals surface area contributed by atoms with Crippen LogP contribution in [-0.2, 0) is 28.6 Å². The number of esters is 3. The molecule has 1 rings (SSSR count). The molecular formula is C14H22O6. The predicted octanol–water partition coefficient (Wildman–Crippen LogP) is 1.60. The van der Waals surface area contributed by atoms with Crippen LogP contribution >= 0.6 is 0 Å². The van der Waals surface area contributed by atoms with Gasteiger partial charge in [-0.1, -0.05) is 13.8 Å². The van der Waals surface area contributed by atoms with Gasteiger partial charge in [0.25, 0.3) is 0 Å². The number of hydrogen-bond acceptors (Lipinski definition) is 6. The number of ether oxygens (including phenoxy) is 3. The van der Waals surface area contributed by atoms with Crippen LogP contribution in [0, 0.1) is 5.92 Å². The molecule has 0 N–H and O–H groups in total. The Balaban J connectivity index is 2.55. The predicted molar refractivity (Wildman–Crippen MR) is 69.7 cm³/mol. The lowest BCUT2D eigenvalue weighted by Crippen LogP contribution is -2.43. The van der Waals surface area contributed by atoms with Gasteiger partial charge in [-0.05, 0) is 20.3 Å². The topological polar surface area (TPSA) is 78.9 Å². The second-order valence-electron chi connectivity index (χ2n) is 5.48. The molecule has 2 unspecified atom stereocenters. The van der Waals surface area contributed by atoms with Gasteiger partial charge in [-0.2, -0.15) is 0 Å². The molecule has 1 aliphatic rings. The summed E-state index contributed by atoms with van der Waals surface area (Å²) in [5, 5.41) is 0. The minimum atomic E-state index is -1.36. The Morgan fingerprint density at radius 3 is 2.65 bits per heavy atom. The third kappa shape index (κ3) is 4.51. The van der Waals surface area contributed by atoms with Gasteiger partial charge in [0.1, 0.15) is 6.10 Å². The van der Waals surface area contributed by atoms with E-state index in [0.29, 0.717) is 12.8 Å². The Morgan fingerprint density at radius 1 is 1.45 bits per heavy atom. The van der Waals surface area contributed by atoms with Crippen LogP contribution in [0.4, 0.5) is 0 Å². The monoisotopic (exact) mass is 286 g/mol. The Kier molecular flexibility index (Phi) is 5.53. The summed E-state index contributed by atoms with van der Waals surface area (Å²) < 4.78 is 15.2. The van der Waals surface area contributed by atoms with E-state index < -0.39 is 23.6 Å². The molecule has 1 fully saturated rings. The van der Waals surface area contributed by atoms with Crippen molar-refractivity contribution in [1.82, 2.24) is 0 Å². The van der Waals surface area contributed by atoms with Crippen molar-refractivity contribution in [2.24, 2.45) is 5.92 Å². The fraction of sp³-hybridized carbons (Fsp3) is 0.786. The van der Waals surface area contributed by atoms with E-state index in [0.717, 1.165) is 0 Å². The van der Waals surface area contributed by atoms with Crippen molar-refractivity contribution in [3.8, 4) is 0 Å². The maximum atomic E-state index is 12.0. The molecule has 114 valence electrons. The molecule has 1 aliphatic heterocycles. The first-order valence-corrected chi connectivity index (χ1v) is 6.85. The third-order valence-electron chi connectivity index (χ3n) is 3.23. The molecule has 1 heterocycles. The van der Waals surface area contributed by atoms with Crippen molar-refractivity contribution < 1.29 is 28.6 Å². The highest BCUT2D eigenvalue weighted by molar-refractivity contribution is 5.83. The molecule has 0 aromatic rings. The van der Waals surface area contributed by atoms with Gasteiger partial charge in [0.05, 0.1) is 18.9 Å². The molecule has 2 atom stereocenters. The Bertz CT molecular complexity index is 387. The number of carbonyl (C=O) groups is 3. The van der Waals surface area contributed by atoms with Gasteiger partial charge >= 0.3 is 17.9 Å². The molecule has 1 saturated heterocycles. The largest absolute Gasteiger partial charge is 0.465 e. The Hall–Kier alpha value is -1.59. The van der Waals surface area contributed by atoms with E-state index in [2.05, 4.69) is 0 Å². The van der Waals surface area contributed by atoms with Gasteiger partial charge in [-0.3, -0.25) is 9.59 Å². The van der Waals surface area contributed by atoms with E-state index in [1.807, 2.05) is 6.92 Å². The maximum Gasteiger partial charge on any atom is 0.350 e. The van der Waals surface area contributed by atoms with Gasteiger partial charge in [0.15, 0.2) is 0 Å². The number of hydrogen-bond donors (Lipinski definition) is 0. The summed E-state index contributed by atoms with van der Waals surface area (Å²) in [5.41, 5.74) is -1.36. The Morgan fingerprint density at radius 2 is 2.10 bits per heavy atom. The smallest absolute Gasteiger partial charge is 0.350 e. The summed E-state index contributed by atoms with van der Waals surface area (Å²) in [6, 6.07) is 0. The van der Waals surface area contributed by atoms with Crippen LogP contribution in [0.15, 0.2) is 0 Å². The SMILES string of the molecule is CCC(C)C(=O)OC(C)(C)C(=O)OC1CCOC(=O)C1. The van der Waals surface area contributed by atoms with Crippen molar-refractivity contribution in [3.05, 3.63) is 0 Å². The molecule has 0 saturated carbocycles. The summed E-state index contributed by atoms with van der Waals surface area (Å²) in [5.74, 6) is -1.73. The van der Waals surface area contributed by atoms with E-state index in [1.165, 1.54) is 13.8 Å². The summed E-state index contributed by atoms with van der Waals surface area (Å²) in [6.45, 7) is 6.81. The zero-order valence-electron chi connectivity index (χ0n) is 12.4. The summed E-state index contributed by atoms with van der Waals surface area (Å²) in [7, 11) is 0. The van der Waals surface area contributed by atoms with Crippen LogP contribution in [0.25, 0.3) is 0 Å². The van der Waals surface area contributed by atoms with Crippen LogP contribution in [0.1, 0.15) is 47.0 Å². The van der Waals surface area contributed by atoms with Crippen LogP contribution in [0.2, 0.25) is 0 Å². The van der Waals surface area contributed by atoms with Gasteiger partial charge in [0, 0.05) is 6.42 Å². The molecule has 6 heteroatoms. The van der Waals surface area contributed by atoms with Crippen molar-refractivity contribution in [3.63, 3.8) is 0 Å². The molecule has 0 bridgehead atoms. The minimum absolute atomic E-state index is 0.0428. The zero-order valence-corrected chi connectivity index (χ0v) is 12.4. The number of cyclic esters (lactones) is 1. The quantitative estimate of drug-likeness (QED) is 0.564. The normalized spacial score (nSPS) is 20.8. The average Bonchev–Trinajstić information content (AvgIpc) is 2.37. The average molecular weight is 286 g/mol. The number of rotatable bonds is 5. The first-order chi connectivity index (χ1) is 9.26. The van der Waals surface area contributed by atoms with Crippen LogP contribution < -0.4 is 0 Å². The molecule has 0 spiro atoms. The second-order valence-corrected chi connectivity index (χ2v) is 5.48. The lowest BCUT2D eigenvalue weighted by atomic mass is 10.1. The third-order valence-corrected chi connectivity index (χ3v) is 3.23. The van der Waals surface area contributed by atoms with E-state index in [9.17, 15) is 14.4 Å². The molecule has 0 aromatic carbocycles. The lowest BCUT2D eigenvalue weighted by Gasteiger charge is -2.28. The molecule has 6 nitrogen and oxygen atoms in total. The van der Waals surface area contributed by atoms with Gasteiger partial charge in [-0.15, -0.1) is 0 Å². The van der Waals surface area contributed by atoms with Crippen LogP contribution in [0.5, 0.6) is 0 Å². The lowest BCUT2D eigenvalue weighted by molar-refractivity contribution is -0.188. The zero-order chi connectivity index (χ0) is 15.3. The number of carbonyl (C=O) groups excluding carboxylic acids is 3. The van der Waals surface area contributed by atoms with Crippen LogP contribution in [-0.4, -0.2) is 36.2 Å². The van der Waals surface area contributed by atoms with Crippen LogP contribution in [0.3, 0.4) is 0 Å². The molecule has 0 radical (unpaired) electrons. The van der Waals surface area contributed by atoms with E-state index in [4.69, 9.17) is 14.2 Å². The summed E-state index contributed by atoms with van der Waals surface area (Å²) in [4.78, 5) is 34.9. The fourth-order valence-corrected chi connectivity index (χ4v) is 1.61. The highest BCUT2D eigenvalue weighted by atomic mass is 16.6. The second kappa shape index (κ2) is 6.72. The van der Waals surface area contributed by atoms with E-state index >= 15 is 0 Å². The van der Waals surface area contributed by atoms with Gasteiger partial charge < -0.3 is 14.2 Å². The molecule has 0 amide bonds. The molecular weight excluding hydrogens is 264 g/mol. The fourth-order valence-electron chi connectivity index (χ4n) is 1.61. The van der Waals surface area contributed by atoms with Gasteiger partial charge in [0.2, 0.25) is 5.60 Å². The molecule has 0 aromatic heterocycles. The van der Waals surface area contributed by atoms with Gasteiger partial charge in [-0.25, -0.2) is 4.79 Å². The first-order valence-electron chi connectivity index (χ1n) is 6.85.